The fourth-order valence-corrected chi connectivity index (χ4v) is 2.09. The number of aliphatic hydroxyl groups is 1. The van der Waals surface area contributed by atoms with Gasteiger partial charge in [-0.25, -0.2) is 0 Å². The summed E-state index contributed by atoms with van der Waals surface area (Å²) in [5, 5.41) is 9.66. The fraction of sp³-hybridized carbons (Fsp3) is 0.538. The van der Waals surface area contributed by atoms with Gasteiger partial charge in [-0.3, -0.25) is 0 Å². The predicted molar refractivity (Wildman–Crippen MR) is 59.8 cm³/mol. The first-order valence-corrected chi connectivity index (χ1v) is 5.68. The first-order chi connectivity index (χ1) is 7.31. The first-order valence-electron chi connectivity index (χ1n) is 5.68. The molecule has 0 aromatic heterocycles. The van der Waals surface area contributed by atoms with E-state index in [4.69, 9.17) is 4.74 Å². The standard InChI is InChI=1S/C13H18O2/c1-2-11(14)9-13-12-6-4-3-5-10(12)7-8-15-13/h3-6,11,13-14H,2,7-9H2,1H3. The lowest BCUT2D eigenvalue weighted by molar-refractivity contribution is 0.00364. The predicted octanol–water partition coefficient (Wildman–Crippen LogP) is 2.46. The van der Waals surface area contributed by atoms with Gasteiger partial charge in [0.25, 0.3) is 0 Å². The van der Waals surface area contributed by atoms with Crippen LogP contribution < -0.4 is 0 Å². The Kier molecular flexibility index (Phi) is 3.39. The Labute approximate surface area is 90.9 Å². The molecule has 0 spiro atoms. The van der Waals surface area contributed by atoms with Crippen LogP contribution in [0.3, 0.4) is 0 Å². The van der Waals surface area contributed by atoms with Crippen LogP contribution in [0.1, 0.15) is 37.0 Å². The van der Waals surface area contributed by atoms with Crippen LogP contribution in [0.25, 0.3) is 0 Å². The maximum atomic E-state index is 9.66. The number of benzene rings is 1. The van der Waals surface area contributed by atoms with E-state index < -0.39 is 0 Å². The van der Waals surface area contributed by atoms with Crippen molar-refractivity contribution in [1.29, 1.82) is 0 Å². The molecular weight excluding hydrogens is 188 g/mol. The molecular formula is C13H18O2. The molecule has 2 unspecified atom stereocenters. The summed E-state index contributed by atoms with van der Waals surface area (Å²) in [4.78, 5) is 0. The van der Waals surface area contributed by atoms with E-state index in [1.54, 1.807) is 0 Å². The van der Waals surface area contributed by atoms with Crippen molar-refractivity contribution in [2.75, 3.05) is 6.61 Å². The Morgan fingerprint density at radius 2 is 2.27 bits per heavy atom. The highest BCUT2D eigenvalue weighted by atomic mass is 16.5. The highest BCUT2D eigenvalue weighted by molar-refractivity contribution is 5.30. The third kappa shape index (κ3) is 2.39. The third-order valence-electron chi connectivity index (χ3n) is 3.05. The van der Waals surface area contributed by atoms with Gasteiger partial charge in [0.1, 0.15) is 0 Å². The van der Waals surface area contributed by atoms with Gasteiger partial charge in [-0.15, -0.1) is 0 Å². The molecule has 82 valence electrons. The van der Waals surface area contributed by atoms with E-state index in [0.717, 1.165) is 19.4 Å². The second-order valence-corrected chi connectivity index (χ2v) is 4.11. The highest BCUT2D eigenvalue weighted by Gasteiger charge is 2.22. The van der Waals surface area contributed by atoms with Gasteiger partial charge in [0.2, 0.25) is 0 Å². The molecule has 0 aliphatic carbocycles. The monoisotopic (exact) mass is 206 g/mol. The van der Waals surface area contributed by atoms with Crippen molar-refractivity contribution in [3.63, 3.8) is 0 Å². The van der Waals surface area contributed by atoms with Gasteiger partial charge in [0.05, 0.1) is 18.8 Å². The average molecular weight is 206 g/mol. The minimum Gasteiger partial charge on any atom is -0.393 e. The Balaban J connectivity index is 2.15. The van der Waals surface area contributed by atoms with Gasteiger partial charge in [0.15, 0.2) is 0 Å². The minimum absolute atomic E-state index is 0.0879. The second kappa shape index (κ2) is 4.77. The zero-order chi connectivity index (χ0) is 10.7. The van der Waals surface area contributed by atoms with Gasteiger partial charge >= 0.3 is 0 Å². The normalized spacial score (nSPS) is 22.1. The molecule has 2 nitrogen and oxygen atoms in total. The van der Waals surface area contributed by atoms with Crippen LogP contribution >= 0.6 is 0 Å². The van der Waals surface area contributed by atoms with Crippen molar-refractivity contribution in [3.8, 4) is 0 Å². The Bertz CT molecular complexity index is 322. The molecule has 0 saturated carbocycles. The summed E-state index contributed by atoms with van der Waals surface area (Å²) in [6.07, 6.45) is 2.34. The lowest BCUT2D eigenvalue weighted by Crippen LogP contribution is -2.20. The lowest BCUT2D eigenvalue weighted by atomic mass is 9.94. The minimum atomic E-state index is -0.249. The number of fused-ring (bicyclic) bond motifs is 1. The van der Waals surface area contributed by atoms with Crippen molar-refractivity contribution >= 4 is 0 Å². The van der Waals surface area contributed by atoms with E-state index >= 15 is 0 Å². The fourth-order valence-electron chi connectivity index (χ4n) is 2.09. The average Bonchev–Trinajstić information content (AvgIpc) is 2.29. The topological polar surface area (TPSA) is 29.5 Å². The van der Waals surface area contributed by atoms with Crippen LogP contribution in [0, 0.1) is 0 Å². The zero-order valence-corrected chi connectivity index (χ0v) is 9.15. The number of hydrogen-bond donors (Lipinski definition) is 1. The molecule has 1 aliphatic heterocycles. The maximum absolute atomic E-state index is 9.66. The van der Waals surface area contributed by atoms with Crippen LogP contribution in [0.5, 0.6) is 0 Å². The summed E-state index contributed by atoms with van der Waals surface area (Å²) in [7, 11) is 0. The SMILES string of the molecule is CCC(O)CC1OCCc2ccccc21. The van der Waals surface area contributed by atoms with Gasteiger partial charge in [0, 0.05) is 6.42 Å². The summed E-state index contributed by atoms with van der Waals surface area (Å²) in [6.45, 7) is 2.78. The molecule has 0 amide bonds. The van der Waals surface area contributed by atoms with Crippen LogP contribution in [0.4, 0.5) is 0 Å². The van der Waals surface area contributed by atoms with Gasteiger partial charge in [-0.2, -0.15) is 0 Å². The largest absolute Gasteiger partial charge is 0.393 e. The Morgan fingerprint density at radius 1 is 1.47 bits per heavy atom. The highest BCUT2D eigenvalue weighted by Crippen LogP contribution is 2.30. The summed E-state index contributed by atoms with van der Waals surface area (Å²) < 4.78 is 5.72. The van der Waals surface area contributed by atoms with Crippen molar-refractivity contribution in [2.45, 2.75) is 38.4 Å². The number of rotatable bonds is 3. The Morgan fingerprint density at radius 3 is 3.07 bits per heavy atom. The molecule has 0 bridgehead atoms. The summed E-state index contributed by atoms with van der Waals surface area (Å²) >= 11 is 0. The number of ether oxygens (including phenoxy) is 1. The van der Waals surface area contributed by atoms with Crippen LogP contribution in [0.15, 0.2) is 24.3 Å². The van der Waals surface area contributed by atoms with Crippen LogP contribution in [-0.4, -0.2) is 17.8 Å². The summed E-state index contributed by atoms with van der Waals surface area (Å²) in [6, 6.07) is 8.38. The molecule has 0 radical (unpaired) electrons. The van der Waals surface area contributed by atoms with E-state index in [1.165, 1.54) is 11.1 Å². The molecule has 2 atom stereocenters. The van der Waals surface area contributed by atoms with Crippen LogP contribution in [0.2, 0.25) is 0 Å². The number of hydrogen-bond acceptors (Lipinski definition) is 2. The van der Waals surface area contributed by atoms with E-state index in [9.17, 15) is 5.11 Å². The molecule has 1 aliphatic rings. The summed E-state index contributed by atoms with van der Waals surface area (Å²) in [5.41, 5.74) is 2.63. The molecule has 15 heavy (non-hydrogen) atoms. The van der Waals surface area contributed by atoms with Gasteiger partial charge in [-0.1, -0.05) is 31.2 Å². The molecule has 2 heteroatoms. The van der Waals surface area contributed by atoms with E-state index in [2.05, 4.69) is 18.2 Å². The molecule has 0 saturated heterocycles. The molecule has 1 heterocycles. The molecule has 1 aromatic rings. The number of aliphatic hydroxyl groups excluding tert-OH is 1. The van der Waals surface area contributed by atoms with E-state index in [0.29, 0.717) is 6.42 Å². The Hall–Kier alpha value is -0.860. The lowest BCUT2D eigenvalue weighted by Gasteiger charge is -2.27. The zero-order valence-electron chi connectivity index (χ0n) is 9.15. The molecule has 1 N–H and O–H groups in total. The van der Waals surface area contributed by atoms with Crippen molar-refractivity contribution < 1.29 is 9.84 Å². The van der Waals surface area contributed by atoms with Gasteiger partial charge in [-0.05, 0) is 24.0 Å². The van der Waals surface area contributed by atoms with Crippen LogP contribution in [-0.2, 0) is 11.2 Å². The van der Waals surface area contributed by atoms with Crippen molar-refractivity contribution in [3.05, 3.63) is 35.4 Å². The third-order valence-corrected chi connectivity index (χ3v) is 3.05. The quantitative estimate of drug-likeness (QED) is 0.823. The smallest absolute Gasteiger partial charge is 0.0852 e. The molecule has 1 aromatic carbocycles. The maximum Gasteiger partial charge on any atom is 0.0852 e. The molecule has 0 fully saturated rings. The van der Waals surface area contributed by atoms with E-state index in [-0.39, 0.29) is 12.2 Å². The van der Waals surface area contributed by atoms with Crippen molar-refractivity contribution in [2.24, 2.45) is 0 Å². The van der Waals surface area contributed by atoms with Crippen molar-refractivity contribution in [1.82, 2.24) is 0 Å². The van der Waals surface area contributed by atoms with Gasteiger partial charge < -0.3 is 9.84 Å². The second-order valence-electron chi connectivity index (χ2n) is 4.11. The molecule has 2 rings (SSSR count). The summed E-state index contributed by atoms with van der Waals surface area (Å²) in [5.74, 6) is 0. The van der Waals surface area contributed by atoms with E-state index in [1.807, 2.05) is 13.0 Å². The first kappa shape index (κ1) is 10.7.